The van der Waals surface area contributed by atoms with E-state index in [2.05, 4.69) is 0 Å². The molecule has 1 aliphatic rings. The van der Waals surface area contributed by atoms with Gasteiger partial charge in [-0.1, -0.05) is 0 Å². The molecule has 0 saturated carbocycles. The van der Waals surface area contributed by atoms with Crippen molar-refractivity contribution in [3.8, 4) is 0 Å². The predicted octanol–water partition coefficient (Wildman–Crippen LogP) is 3.39. The molecule has 4 heteroatoms. The molecule has 0 bridgehead atoms. The van der Waals surface area contributed by atoms with Gasteiger partial charge in [-0.15, -0.1) is 0 Å². The molecule has 0 aromatic carbocycles. The van der Waals surface area contributed by atoms with E-state index in [4.69, 9.17) is 0 Å². The SMILES string of the molecule is FC1(F)/C=C\C(F)(F)CCCC1. The second-order valence-corrected chi connectivity index (χ2v) is 3.06. The van der Waals surface area contributed by atoms with Gasteiger partial charge >= 0.3 is 0 Å². The molecule has 0 spiro atoms. The van der Waals surface area contributed by atoms with Crippen molar-refractivity contribution in [1.82, 2.24) is 0 Å². The van der Waals surface area contributed by atoms with Crippen LogP contribution in [0.4, 0.5) is 17.6 Å². The fraction of sp³-hybridized carbons (Fsp3) is 0.750. The van der Waals surface area contributed by atoms with Crippen molar-refractivity contribution in [2.24, 2.45) is 0 Å². The highest BCUT2D eigenvalue weighted by Gasteiger charge is 2.32. The van der Waals surface area contributed by atoms with Crippen LogP contribution in [0.3, 0.4) is 0 Å². The topological polar surface area (TPSA) is 0 Å². The summed E-state index contributed by atoms with van der Waals surface area (Å²) in [5.41, 5.74) is 0. The fourth-order valence-electron chi connectivity index (χ4n) is 1.13. The first-order valence-electron chi connectivity index (χ1n) is 3.87. The Hall–Kier alpha value is -0.540. The Bertz CT molecular complexity index is 163. The van der Waals surface area contributed by atoms with E-state index >= 15 is 0 Å². The number of allylic oxidation sites excluding steroid dienone is 2. The van der Waals surface area contributed by atoms with Crippen LogP contribution in [0.5, 0.6) is 0 Å². The minimum absolute atomic E-state index is 0.160. The van der Waals surface area contributed by atoms with E-state index in [0.29, 0.717) is 12.2 Å². The third-order valence-corrected chi connectivity index (χ3v) is 1.84. The molecule has 0 unspecified atom stereocenters. The van der Waals surface area contributed by atoms with Gasteiger partial charge in [0.05, 0.1) is 0 Å². The Morgan fingerprint density at radius 2 is 1.08 bits per heavy atom. The Kier molecular flexibility index (Phi) is 2.44. The van der Waals surface area contributed by atoms with Crippen LogP contribution in [-0.2, 0) is 0 Å². The van der Waals surface area contributed by atoms with Crippen LogP contribution in [0, 0.1) is 0 Å². The Balaban J connectivity index is 2.72. The molecule has 0 aliphatic heterocycles. The normalized spacial score (nSPS) is 30.3. The van der Waals surface area contributed by atoms with Crippen molar-refractivity contribution in [2.75, 3.05) is 0 Å². The predicted molar refractivity (Wildman–Crippen MR) is 37.5 cm³/mol. The molecule has 0 amide bonds. The maximum absolute atomic E-state index is 12.6. The van der Waals surface area contributed by atoms with E-state index in [0.717, 1.165) is 0 Å². The monoisotopic (exact) mass is 182 g/mol. The Morgan fingerprint density at radius 3 is 1.42 bits per heavy atom. The van der Waals surface area contributed by atoms with Crippen LogP contribution in [0.25, 0.3) is 0 Å². The lowest BCUT2D eigenvalue weighted by Gasteiger charge is -2.18. The molecule has 1 rings (SSSR count). The summed E-state index contributed by atoms with van der Waals surface area (Å²) in [7, 11) is 0. The molecule has 0 radical (unpaired) electrons. The molecule has 0 heterocycles. The summed E-state index contributed by atoms with van der Waals surface area (Å²) in [5, 5.41) is 0. The van der Waals surface area contributed by atoms with Gasteiger partial charge in [0.1, 0.15) is 0 Å². The van der Waals surface area contributed by atoms with Crippen molar-refractivity contribution in [3.63, 3.8) is 0 Å². The average molecular weight is 182 g/mol. The third kappa shape index (κ3) is 2.83. The van der Waals surface area contributed by atoms with Crippen molar-refractivity contribution < 1.29 is 17.6 Å². The lowest BCUT2D eigenvalue weighted by Crippen LogP contribution is -2.20. The van der Waals surface area contributed by atoms with Crippen molar-refractivity contribution in [1.29, 1.82) is 0 Å². The van der Waals surface area contributed by atoms with Gasteiger partial charge in [0.15, 0.2) is 0 Å². The first kappa shape index (κ1) is 9.55. The lowest BCUT2D eigenvalue weighted by molar-refractivity contribution is 0.00884. The number of hydrogen-bond donors (Lipinski definition) is 0. The van der Waals surface area contributed by atoms with Crippen LogP contribution in [0.15, 0.2) is 12.2 Å². The molecule has 12 heavy (non-hydrogen) atoms. The molecule has 0 atom stereocenters. The van der Waals surface area contributed by atoms with Crippen LogP contribution in [0.1, 0.15) is 25.7 Å². The molecule has 1 aliphatic carbocycles. The minimum Gasteiger partial charge on any atom is -0.202 e. The van der Waals surface area contributed by atoms with Gasteiger partial charge in [-0.3, -0.25) is 0 Å². The molecule has 0 aromatic heterocycles. The van der Waals surface area contributed by atoms with Gasteiger partial charge in [-0.25, -0.2) is 17.6 Å². The number of alkyl halides is 4. The van der Waals surface area contributed by atoms with Crippen LogP contribution < -0.4 is 0 Å². The second kappa shape index (κ2) is 3.07. The fourth-order valence-corrected chi connectivity index (χ4v) is 1.13. The number of halogens is 4. The zero-order valence-corrected chi connectivity index (χ0v) is 6.49. The van der Waals surface area contributed by atoms with Crippen LogP contribution >= 0.6 is 0 Å². The van der Waals surface area contributed by atoms with Gasteiger partial charge < -0.3 is 0 Å². The van der Waals surface area contributed by atoms with Crippen molar-refractivity contribution in [3.05, 3.63) is 12.2 Å². The summed E-state index contributed by atoms with van der Waals surface area (Å²) in [5.74, 6) is -6.10. The van der Waals surface area contributed by atoms with Crippen molar-refractivity contribution >= 4 is 0 Å². The summed E-state index contributed by atoms with van der Waals surface area (Å²) in [4.78, 5) is 0. The van der Waals surface area contributed by atoms with Gasteiger partial charge in [0, 0.05) is 12.8 Å². The standard InChI is InChI=1S/C8H10F4/c9-7(10)3-1-2-4-8(11,12)6-5-7/h5-6H,1-4H2/b6-5-. The van der Waals surface area contributed by atoms with Gasteiger partial charge in [0.25, 0.3) is 11.8 Å². The summed E-state index contributed by atoms with van der Waals surface area (Å²) in [6.45, 7) is 0. The molecule has 70 valence electrons. The zero-order chi connectivity index (χ0) is 9.24. The molecular weight excluding hydrogens is 172 g/mol. The summed E-state index contributed by atoms with van der Waals surface area (Å²) in [6, 6.07) is 0. The maximum Gasteiger partial charge on any atom is 0.266 e. The average Bonchev–Trinajstić information content (AvgIpc) is 1.94. The highest BCUT2D eigenvalue weighted by atomic mass is 19.3. The highest BCUT2D eigenvalue weighted by molar-refractivity contribution is 5.03. The van der Waals surface area contributed by atoms with Crippen LogP contribution in [-0.4, -0.2) is 11.8 Å². The number of rotatable bonds is 0. The molecular formula is C8H10F4. The lowest BCUT2D eigenvalue weighted by atomic mass is 10.0. The quantitative estimate of drug-likeness (QED) is 0.398. The van der Waals surface area contributed by atoms with Gasteiger partial charge in [0.2, 0.25) is 0 Å². The molecule has 0 aromatic rings. The Morgan fingerprint density at radius 1 is 0.750 bits per heavy atom. The molecule has 0 nitrogen and oxygen atoms in total. The highest BCUT2D eigenvalue weighted by Crippen LogP contribution is 2.32. The largest absolute Gasteiger partial charge is 0.266 e. The van der Waals surface area contributed by atoms with E-state index in [1.807, 2.05) is 0 Å². The first-order chi connectivity index (χ1) is 5.41. The van der Waals surface area contributed by atoms with Gasteiger partial charge in [-0.2, -0.15) is 0 Å². The van der Waals surface area contributed by atoms with E-state index in [1.165, 1.54) is 0 Å². The zero-order valence-electron chi connectivity index (χ0n) is 6.49. The minimum atomic E-state index is -3.05. The number of hydrogen-bond acceptors (Lipinski definition) is 0. The maximum atomic E-state index is 12.6. The van der Waals surface area contributed by atoms with Gasteiger partial charge in [-0.05, 0) is 25.0 Å². The first-order valence-corrected chi connectivity index (χ1v) is 3.87. The van der Waals surface area contributed by atoms with Crippen LogP contribution in [0.2, 0.25) is 0 Å². The second-order valence-electron chi connectivity index (χ2n) is 3.06. The molecule has 0 saturated heterocycles. The van der Waals surface area contributed by atoms with E-state index in [-0.39, 0.29) is 25.7 Å². The van der Waals surface area contributed by atoms with E-state index in [1.54, 1.807) is 0 Å². The summed E-state index contributed by atoms with van der Waals surface area (Å²) >= 11 is 0. The molecule has 0 N–H and O–H groups in total. The third-order valence-electron chi connectivity index (χ3n) is 1.84. The Labute approximate surface area is 68.3 Å². The van der Waals surface area contributed by atoms with E-state index < -0.39 is 11.8 Å². The smallest absolute Gasteiger partial charge is 0.202 e. The van der Waals surface area contributed by atoms with Crippen molar-refractivity contribution in [2.45, 2.75) is 37.5 Å². The summed E-state index contributed by atoms with van der Waals surface area (Å²) < 4.78 is 50.3. The summed E-state index contributed by atoms with van der Waals surface area (Å²) in [6.07, 6.45) is 0.331. The molecule has 0 fully saturated rings. The van der Waals surface area contributed by atoms with E-state index in [9.17, 15) is 17.6 Å².